The summed E-state index contributed by atoms with van der Waals surface area (Å²) in [4.78, 5) is 24.0. The van der Waals surface area contributed by atoms with Gasteiger partial charge in [-0.05, 0) is 37.3 Å². The number of ether oxygens (including phenoxy) is 1. The summed E-state index contributed by atoms with van der Waals surface area (Å²) in [7, 11) is 2.85. The van der Waals surface area contributed by atoms with Gasteiger partial charge in [-0.2, -0.15) is 17.8 Å². The van der Waals surface area contributed by atoms with Gasteiger partial charge in [-0.3, -0.25) is 4.79 Å². The Balaban J connectivity index is 2.39. The van der Waals surface area contributed by atoms with Crippen molar-refractivity contribution in [2.45, 2.75) is 13.1 Å². The minimum absolute atomic E-state index is 0.0726. The maximum absolute atomic E-state index is 14.0. The van der Waals surface area contributed by atoms with Crippen LogP contribution in [0.4, 0.5) is 22.0 Å². The summed E-state index contributed by atoms with van der Waals surface area (Å²) in [5.41, 5.74) is -1.76. The molecule has 0 bridgehead atoms. The van der Waals surface area contributed by atoms with Gasteiger partial charge < -0.3 is 4.74 Å². The van der Waals surface area contributed by atoms with Gasteiger partial charge in [-0.15, -0.1) is 0 Å². The first kappa shape index (κ1) is 23.0. The van der Waals surface area contributed by atoms with E-state index in [4.69, 9.17) is 4.74 Å². The minimum Gasteiger partial charge on any atom is -0.451 e. The number of quaternary nitrogens is 1. The van der Waals surface area contributed by atoms with E-state index >= 15 is 0 Å². The molecule has 1 amide bonds. The lowest BCUT2D eigenvalue weighted by molar-refractivity contribution is -1.10. The van der Waals surface area contributed by atoms with Gasteiger partial charge in [0.25, 0.3) is 0 Å². The zero-order valence-corrected chi connectivity index (χ0v) is 16.0. The first-order chi connectivity index (χ1) is 13.8. The Hall–Kier alpha value is -3.28. The van der Waals surface area contributed by atoms with Gasteiger partial charge in [-0.25, -0.2) is 18.9 Å². The summed E-state index contributed by atoms with van der Waals surface area (Å²) >= 11 is 0. The number of nitrogens with zero attached hydrogens (tertiary/aromatic N) is 3. The van der Waals surface area contributed by atoms with E-state index in [1.54, 1.807) is 6.92 Å². The third-order valence-electron chi connectivity index (χ3n) is 4.25. The quantitative estimate of drug-likeness (QED) is 0.292. The fourth-order valence-electron chi connectivity index (χ4n) is 2.40. The molecule has 2 aromatic carbocycles. The predicted octanol–water partition coefficient (Wildman–Crippen LogP) is 4.42. The molecule has 2 aromatic rings. The van der Waals surface area contributed by atoms with Gasteiger partial charge in [-0.1, -0.05) is 6.07 Å². The van der Waals surface area contributed by atoms with E-state index in [1.165, 1.54) is 32.3 Å². The van der Waals surface area contributed by atoms with Gasteiger partial charge >= 0.3 is 12.1 Å². The molecule has 0 spiro atoms. The second kappa shape index (κ2) is 8.22. The lowest BCUT2D eigenvalue weighted by Crippen LogP contribution is -2.59. The minimum atomic E-state index is -4.96. The fourth-order valence-corrected chi connectivity index (χ4v) is 2.40. The molecular formula is C18H17F5N3O4+. The molecule has 0 aromatic heterocycles. The molecule has 2 rings (SSSR count). The zero-order chi connectivity index (χ0) is 22.9. The van der Waals surface area contributed by atoms with Crippen LogP contribution in [-0.4, -0.2) is 41.3 Å². The van der Waals surface area contributed by atoms with Crippen LogP contribution in [0.2, 0.25) is 0 Å². The van der Waals surface area contributed by atoms with Crippen molar-refractivity contribution in [1.29, 1.82) is 0 Å². The molecule has 0 radical (unpaired) electrons. The van der Waals surface area contributed by atoms with Crippen molar-refractivity contribution in [3.63, 3.8) is 0 Å². The molecule has 7 nitrogen and oxygen atoms in total. The average molecular weight is 434 g/mol. The van der Waals surface area contributed by atoms with E-state index in [9.17, 15) is 36.9 Å². The van der Waals surface area contributed by atoms with E-state index in [1.807, 2.05) is 0 Å². The van der Waals surface area contributed by atoms with Gasteiger partial charge in [0.1, 0.15) is 17.4 Å². The average Bonchev–Trinajstić information content (AvgIpc) is 2.63. The summed E-state index contributed by atoms with van der Waals surface area (Å²) in [6.45, 7) is 1.82. The van der Waals surface area contributed by atoms with Crippen LogP contribution >= 0.6 is 0 Å². The first-order valence-electron chi connectivity index (χ1n) is 8.44. The van der Waals surface area contributed by atoms with E-state index in [0.29, 0.717) is 5.12 Å². The van der Waals surface area contributed by atoms with Crippen LogP contribution in [0.1, 0.15) is 22.8 Å². The van der Waals surface area contributed by atoms with Crippen molar-refractivity contribution < 1.29 is 41.1 Å². The number of amides is 1. The van der Waals surface area contributed by atoms with E-state index in [-0.39, 0.29) is 30.0 Å². The lowest BCUT2D eigenvalue weighted by atomic mass is 10.2. The second-order valence-electron chi connectivity index (χ2n) is 6.67. The Labute approximate surface area is 167 Å². The Kier molecular flexibility index (Phi) is 6.30. The molecule has 0 atom stereocenters. The molecule has 0 aliphatic heterocycles. The van der Waals surface area contributed by atoms with Gasteiger partial charge in [0.05, 0.1) is 25.2 Å². The summed E-state index contributed by atoms with van der Waals surface area (Å²) < 4.78 is 70.5. The van der Waals surface area contributed by atoms with Gasteiger partial charge in [0, 0.05) is 0 Å². The van der Waals surface area contributed by atoms with Crippen molar-refractivity contribution in [2.24, 2.45) is 0 Å². The zero-order valence-electron chi connectivity index (χ0n) is 16.0. The number of carbonyl (C=O) groups is 1. The van der Waals surface area contributed by atoms with Crippen molar-refractivity contribution >= 4 is 5.91 Å². The number of carbonyl (C=O) groups excluding carboxylic acids is 1. The normalized spacial score (nSPS) is 11.9. The van der Waals surface area contributed by atoms with Crippen LogP contribution < -0.4 is 4.74 Å². The third kappa shape index (κ3) is 4.82. The van der Waals surface area contributed by atoms with Crippen LogP contribution in [0.3, 0.4) is 0 Å². The van der Waals surface area contributed by atoms with Gasteiger partial charge in [0.15, 0.2) is 17.4 Å². The monoisotopic (exact) mass is 434 g/mol. The van der Waals surface area contributed by atoms with E-state index in [2.05, 4.69) is 0 Å². The largest absolute Gasteiger partial charge is 0.451 e. The Bertz CT molecular complexity index is 956. The number of hydrogen-bond acceptors (Lipinski definition) is 4. The van der Waals surface area contributed by atoms with Crippen LogP contribution in [0.5, 0.6) is 11.5 Å². The summed E-state index contributed by atoms with van der Waals surface area (Å²) in [6, 6.07) is 4.79. The van der Waals surface area contributed by atoms with E-state index < -0.39 is 44.7 Å². The molecule has 0 aliphatic rings. The van der Waals surface area contributed by atoms with Crippen LogP contribution in [0, 0.1) is 21.7 Å². The summed E-state index contributed by atoms with van der Waals surface area (Å²) in [5.74, 6) is -5.64. The maximum atomic E-state index is 14.0. The second-order valence-corrected chi connectivity index (χ2v) is 6.67. The molecule has 0 heterocycles. The third-order valence-corrected chi connectivity index (χ3v) is 4.25. The topological polar surface area (TPSA) is 72.7 Å². The number of benzene rings is 2. The molecule has 0 saturated carbocycles. The fraction of sp³-hybridized carbons (Fsp3) is 0.278. The molecule has 162 valence electrons. The number of nitro groups is 1. The molecule has 0 saturated heterocycles. The number of alkyl halides is 3. The Morgan fingerprint density at radius 2 is 1.73 bits per heavy atom. The Morgan fingerprint density at radius 1 is 1.17 bits per heavy atom. The van der Waals surface area contributed by atoms with Crippen LogP contribution in [-0.2, 0) is 6.18 Å². The standard InChI is InChI=1S/C18H17F5N3O4/c1-4-26(2,3)24(25(28)29)17(27)11-6-5-7-13(8-11)30-16-14(19)9-12(10-15(16)20)18(21,22)23/h5-10H,4H2,1-3H3/q+1. The van der Waals surface area contributed by atoms with Crippen molar-refractivity contribution in [2.75, 3.05) is 20.6 Å². The highest BCUT2D eigenvalue weighted by atomic mass is 19.4. The Morgan fingerprint density at radius 3 is 2.20 bits per heavy atom. The highest BCUT2D eigenvalue weighted by Crippen LogP contribution is 2.35. The maximum Gasteiger partial charge on any atom is 0.416 e. The molecule has 0 aliphatic carbocycles. The van der Waals surface area contributed by atoms with Crippen LogP contribution in [0.25, 0.3) is 0 Å². The number of hydrogen-bond donors (Lipinski definition) is 0. The predicted molar refractivity (Wildman–Crippen MR) is 93.7 cm³/mol. The molecule has 12 heteroatoms. The molecule has 30 heavy (non-hydrogen) atoms. The van der Waals surface area contributed by atoms with Crippen LogP contribution in [0.15, 0.2) is 36.4 Å². The number of halogens is 5. The van der Waals surface area contributed by atoms with Crippen molar-refractivity contribution in [1.82, 2.24) is 5.12 Å². The number of rotatable bonds is 6. The number of hydrazine groups is 1. The lowest BCUT2D eigenvalue weighted by Gasteiger charge is -2.29. The molecule has 0 fully saturated rings. The first-order valence-corrected chi connectivity index (χ1v) is 8.44. The highest BCUT2D eigenvalue weighted by molar-refractivity contribution is 5.93. The molecular weight excluding hydrogens is 417 g/mol. The highest BCUT2D eigenvalue weighted by Gasteiger charge is 2.41. The molecule has 0 N–H and O–H groups in total. The summed E-state index contributed by atoms with van der Waals surface area (Å²) in [6.07, 6.45) is -4.96. The smallest absolute Gasteiger partial charge is 0.416 e. The van der Waals surface area contributed by atoms with Crippen molar-refractivity contribution in [3.8, 4) is 11.5 Å². The van der Waals surface area contributed by atoms with Crippen molar-refractivity contribution in [3.05, 3.63) is 69.3 Å². The van der Waals surface area contributed by atoms with E-state index in [0.717, 1.165) is 6.07 Å². The summed E-state index contributed by atoms with van der Waals surface area (Å²) in [5, 5.41) is 10.8. The van der Waals surface area contributed by atoms with Gasteiger partial charge in [0.2, 0.25) is 5.03 Å². The molecule has 0 unspecified atom stereocenters. The SMILES string of the molecule is CC[N+](C)(C)N(C(=O)c1cccc(Oc2c(F)cc(C(F)(F)F)cc2F)c1)[N+](=O)[O-].